The minimum absolute atomic E-state index is 0.0368. The van der Waals surface area contributed by atoms with Crippen molar-refractivity contribution in [2.45, 2.75) is 33.4 Å². The highest BCUT2D eigenvalue weighted by Crippen LogP contribution is 2.24. The molecule has 0 spiro atoms. The van der Waals surface area contributed by atoms with Gasteiger partial charge in [-0.3, -0.25) is 4.79 Å². The normalized spacial score (nSPS) is 11.7. The molecular formula is C22H25FN2O3S. The molecule has 2 rings (SSSR count). The van der Waals surface area contributed by atoms with E-state index < -0.39 is 17.8 Å². The number of benzene rings is 2. The fraction of sp³-hybridized carbons (Fsp3) is 0.318. The Kier molecular flexibility index (Phi) is 7.84. The highest BCUT2D eigenvalue weighted by atomic mass is 32.1. The first-order chi connectivity index (χ1) is 13.8. The van der Waals surface area contributed by atoms with Crippen molar-refractivity contribution in [3.05, 3.63) is 65.5 Å². The van der Waals surface area contributed by atoms with Crippen molar-refractivity contribution in [2.75, 3.05) is 12.4 Å². The molecule has 1 unspecified atom stereocenters. The Morgan fingerprint density at radius 3 is 2.34 bits per heavy atom. The van der Waals surface area contributed by atoms with Crippen molar-refractivity contribution in [1.29, 1.82) is 0 Å². The number of halogens is 1. The van der Waals surface area contributed by atoms with E-state index in [2.05, 4.69) is 5.32 Å². The molecule has 29 heavy (non-hydrogen) atoms. The van der Waals surface area contributed by atoms with Crippen molar-refractivity contribution in [1.82, 2.24) is 4.90 Å². The summed E-state index contributed by atoms with van der Waals surface area (Å²) in [5, 5.41) is 2.86. The predicted molar refractivity (Wildman–Crippen MR) is 115 cm³/mol. The molecule has 1 N–H and O–H groups in total. The van der Waals surface area contributed by atoms with Crippen LogP contribution in [0.5, 0.6) is 0 Å². The second-order valence-corrected chi connectivity index (χ2v) is 7.40. The third-order valence-electron chi connectivity index (χ3n) is 4.50. The van der Waals surface area contributed by atoms with E-state index in [9.17, 15) is 14.0 Å². The fourth-order valence-corrected chi connectivity index (χ4v) is 3.62. The number of methoxy groups -OCH3 is 1. The quantitative estimate of drug-likeness (QED) is 0.535. The molecule has 0 fully saturated rings. The monoisotopic (exact) mass is 416 g/mol. The van der Waals surface area contributed by atoms with Gasteiger partial charge in [-0.1, -0.05) is 62.5 Å². The molecule has 1 amide bonds. The van der Waals surface area contributed by atoms with Crippen molar-refractivity contribution in [2.24, 2.45) is 5.92 Å². The van der Waals surface area contributed by atoms with Crippen LogP contribution in [0.1, 0.15) is 36.7 Å². The van der Waals surface area contributed by atoms with E-state index >= 15 is 0 Å². The number of amides is 1. The number of thiocarbonyl (C=S) groups is 1. The lowest BCUT2D eigenvalue weighted by Gasteiger charge is -2.35. The lowest BCUT2D eigenvalue weighted by Crippen LogP contribution is -2.48. The maximum absolute atomic E-state index is 14.5. The summed E-state index contributed by atoms with van der Waals surface area (Å²) in [6.07, 6.45) is 0. The zero-order chi connectivity index (χ0) is 21.6. The highest BCUT2D eigenvalue weighted by Gasteiger charge is 2.29. The van der Waals surface area contributed by atoms with Crippen LogP contribution in [-0.4, -0.2) is 34.9 Å². The van der Waals surface area contributed by atoms with Gasteiger partial charge in [0.2, 0.25) is 5.91 Å². The standard InChI is InChI=1S/C22H25FN2O3S/c1-14(2)20(25(15(3)26)13-16-9-6-5-7-10-16)21(29)24-19-17(22(27)28-4)11-8-12-18(19)23/h5-12,14,20H,13H2,1-4H3,(H,24,29). The fourth-order valence-electron chi connectivity index (χ4n) is 3.12. The lowest BCUT2D eigenvalue weighted by atomic mass is 10.0. The van der Waals surface area contributed by atoms with Crippen LogP contribution in [0.4, 0.5) is 10.1 Å². The van der Waals surface area contributed by atoms with E-state index in [0.717, 1.165) is 5.56 Å². The maximum atomic E-state index is 14.5. The summed E-state index contributed by atoms with van der Waals surface area (Å²) in [4.78, 5) is 26.3. The Labute approximate surface area is 175 Å². The highest BCUT2D eigenvalue weighted by molar-refractivity contribution is 7.80. The van der Waals surface area contributed by atoms with Gasteiger partial charge in [0.15, 0.2) is 0 Å². The van der Waals surface area contributed by atoms with Crippen LogP contribution in [0.3, 0.4) is 0 Å². The maximum Gasteiger partial charge on any atom is 0.340 e. The number of nitrogens with one attached hydrogen (secondary N) is 1. The van der Waals surface area contributed by atoms with Crippen molar-refractivity contribution in [3.63, 3.8) is 0 Å². The Morgan fingerprint density at radius 2 is 1.79 bits per heavy atom. The van der Waals surface area contributed by atoms with E-state index in [0.29, 0.717) is 6.54 Å². The van der Waals surface area contributed by atoms with Crippen molar-refractivity contribution >= 4 is 34.8 Å². The summed E-state index contributed by atoms with van der Waals surface area (Å²) < 4.78 is 19.2. The van der Waals surface area contributed by atoms with Gasteiger partial charge in [-0.05, 0) is 23.6 Å². The number of rotatable bonds is 7. The topological polar surface area (TPSA) is 58.6 Å². The molecule has 0 heterocycles. The number of hydrogen-bond donors (Lipinski definition) is 1. The molecule has 5 nitrogen and oxygen atoms in total. The van der Waals surface area contributed by atoms with Crippen LogP contribution < -0.4 is 5.32 Å². The molecule has 0 aliphatic rings. The Bertz CT molecular complexity index is 887. The number of hydrogen-bond acceptors (Lipinski definition) is 4. The number of esters is 1. The van der Waals surface area contributed by atoms with Gasteiger partial charge in [-0.15, -0.1) is 0 Å². The number of nitrogens with zero attached hydrogens (tertiary/aromatic N) is 1. The third-order valence-corrected chi connectivity index (χ3v) is 4.85. The van der Waals surface area contributed by atoms with Crippen molar-refractivity contribution in [3.8, 4) is 0 Å². The van der Waals surface area contributed by atoms with Crippen LogP contribution in [-0.2, 0) is 16.1 Å². The molecule has 2 aromatic carbocycles. The molecule has 0 aliphatic carbocycles. The van der Waals surface area contributed by atoms with Gasteiger partial charge in [-0.2, -0.15) is 0 Å². The minimum atomic E-state index is -0.677. The summed E-state index contributed by atoms with van der Waals surface area (Å²) in [5.41, 5.74) is 0.935. The first kappa shape index (κ1) is 22.5. The zero-order valence-corrected chi connectivity index (χ0v) is 17.8. The van der Waals surface area contributed by atoms with Crippen LogP contribution in [0.2, 0.25) is 0 Å². The Hall–Kier alpha value is -2.80. The molecule has 7 heteroatoms. The SMILES string of the molecule is COC(=O)c1cccc(F)c1NC(=S)C(C(C)C)N(Cc1ccccc1)C(C)=O. The molecule has 154 valence electrons. The number of anilines is 1. The number of carbonyl (C=O) groups excluding carboxylic acids is 2. The molecule has 0 saturated heterocycles. The van der Waals surface area contributed by atoms with Crippen LogP contribution in [0.25, 0.3) is 0 Å². The number of carbonyl (C=O) groups is 2. The van der Waals surface area contributed by atoms with Gasteiger partial charge >= 0.3 is 5.97 Å². The molecule has 0 bridgehead atoms. The van der Waals surface area contributed by atoms with Gasteiger partial charge in [0.25, 0.3) is 0 Å². The van der Waals surface area contributed by atoms with Gasteiger partial charge in [-0.25, -0.2) is 9.18 Å². The third kappa shape index (κ3) is 5.60. The molecule has 0 aliphatic heterocycles. The smallest absolute Gasteiger partial charge is 0.340 e. The molecule has 0 saturated carbocycles. The summed E-state index contributed by atoms with van der Waals surface area (Å²) in [6.45, 7) is 5.70. The first-order valence-electron chi connectivity index (χ1n) is 9.25. The molecule has 0 aromatic heterocycles. The van der Waals surface area contributed by atoms with Crippen LogP contribution in [0.15, 0.2) is 48.5 Å². The minimum Gasteiger partial charge on any atom is -0.465 e. The second-order valence-electron chi connectivity index (χ2n) is 6.96. The van der Waals surface area contributed by atoms with E-state index in [1.54, 1.807) is 4.90 Å². The molecule has 0 radical (unpaired) electrons. The van der Waals surface area contributed by atoms with E-state index in [1.165, 1.54) is 32.2 Å². The number of ether oxygens (including phenoxy) is 1. The average Bonchev–Trinajstić information content (AvgIpc) is 2.68. The van der Waals surface area contributed by atoms with Gasteiger partial charge in [0.1, 0.15) is 10.8 Å². The summed E-state index contributed by atoms with van der Waals surface area (Å²) in [5.74, 6) is -1.51. The lowest BCUT2D eigenvalue weighted by molar-refractivity contribution is -0.131. The first-order valence-corrected chi connectivity index (χ1v) is 9.65. The Balaban J connectivity index is 2.36. The van der Waals surface area contributed by atoms with Crippen molar-refractivity contribution < 1.29 is 18.7 Å². The summed E-state index contributed by atoms with van der Waals surface area (Å²) >= 11 is 5.56. The average molecular weight is 417 g/mol. The molecule has 2 aromatic rings. The van der Waals surface area contributed by atoms with E-state index in [4.69, 9.17) is 17.0 Å². The molecule has 1 atom stereocenters. The second kappa shape index (κ2) is 10.1. The van der Waals surface area contributed by atoms with Gasteiger partial charge in [0, 0.05) is 13.5 Å². The van der Waals surface area contributed by atoms with Crippen LogP contribution in [0, 0.1) is 11.7 Å². The predicted octanol–water partition coefficient (Wildman–Crippen LogP) is 4.42. The largest absolute Gasteiger partial charge is 0.465 e. The zero-order valence-electron chi connectivity index (χ0n) is 16.9. The van der Waals surface area contributed by atoms with Crippen LogP contribution >= 0.6 is 12.2 Å². The summed E-state index contributed by atoms with van der Waals surface area (Å²) in [7, 11) is 1.23. The summed E-state index contributed by atoms with van der Waals surface area (Å²) in [6, 6.07) is 13.2. The van der Waals surface area contributed by atoms with Gasteiger partial charge in [0.05, 0.1) is 24.4 Å². The van der Waals surface area contributed by atoms with Gasteiger partial charge < -0.3 is 15.0 Å². The van der Waals surface area contributed by atoms with E-state index in [1.807, 2.05) is 44.2 Å². The number of para-hydroxylation sites is 1. The molecular weight excluding hydrogens is 391 g/mol. The van der Waals surface area contributed by atoms with E-state index in [-0.39, 0.29) is 28.1 Å². The Morgan fingerprint density at radius 1 is 1.14 bits per heavy atom.